The quantitative estimate of drug-likeness (QED) is 0.429. The van der Waals surface area contributed by atoms with Gasteiger partial charge in [-0.1, -0.05) is 73.5 Å². The average Bonchev–Trinajstić information content (AvgIpc) is 3.05. The molecule has 0 atom stereocenters. The van der Waals surface area contributed by atoms with Crippen molar-refractivity contribution in [2.75, 3.05) is 10.2 Å². The number of benzene rings is 3. The number of nitrogens with one attached hydrogen (secondary N) is 1. The summed E-state index contributed by atoms with van der Waals surface area (Å²) in [4.78, 5) is 28.2. The fraction of sp³-hybridized carbons (Fsp3) is 0.185. The van der Waals surface area contributed by atoms with Gasteiger partial charge in [0.05, 0.1) is 11.3 Å². The maximum absolute atomic E-state index is 13.5. The molecule has 0 fully saturated rings. The lowest BCUT2D eigenvalue weighted by Crippen LogP contribution is -2.32. The Morgan fingerprint density at radius 3 is 2.28 bits per heavy atom. The van der Waals surface area contributed by atoms with Gasteiger partial charge in [0.2, 0.25) is 0 Å². The lowest BCUT2D eigenvalue weighted by Gasteiger charge is -2.16. The van der Waals surface area contributed by atoms with Crippen LogP contribution in [0.15, 0.2) is 78.5 Å². The van der Waals surface area contributed by atoms with Crippen LogP contribution in [0.3, 0.4) is 0 Å². The second kappa shape index (κ2) is 9.41. The fourth-order valence-corrected chi connectivity index (χ4v) is 3.94. The second-order valence-electron chi connectivity index (χ2n) is 7.92. The summed E-state index contributed by atoms with van der Waals surface area (Å²) < 4.78 is 0. The molecule has 5 heteroatoms. The highest BCUT2D eigenvalue weighted by Crippen LogP contribution is 2.34. The second-order valence-corrected chi connectivity index (χ2v) is 8.33. The Kier molecular flexibility index (Phi) is 6.42. The third-order valence-corrected chi connectivity index (χ3v) is 6.01. The summed E-state index contributed by atoms with van der Waals surface area (Å²) in [7, 11) is 0. The van der Waals surface area contributed by atoms with Crippen molar-refractivity contribution in [3.63, 3.8) is 0 Å². The molecule has 0 aromatic heterocycles. The Balaban J connectivity index is 1.72. The van der Waals surface area contributed by atoms with E-state index in [1.807, 2.05) is 73.7 Å². The molecule has 0 unspecified atom stereocenters. The summed E-state index contributed by atoms with van der Waals surface area (Å²) in [6.45, 7) is 4.07. The van der Waals surface area contributed by atoms with Gasteiger partial charge in [-0.2, -0.15) is 0 Å². The number of hydrogen-bond acceptors (Lipinski definition) is 3. The number of carbonyl (C=O) groups is 2. The van der Waals surface area contributed by atoms with Crippen LogP contribution in [-0.4, -0.2) is 11.8 Å². The van der Waals surface area contributed by atoms with Gasteiger partial charge in [0.1, 0.15) is 5.70 Å². The lowest BCUT2D eigenvalue weighted by molar-refractivity contribution is -0.120. The summed E-state index contributed by atoms with van der Waals surface area (Å²) in [6, 6.07) is 22.4. The number of imide groups is 1. The van der Waals surface area contributed by atoms with Crippen LogP contribution in [0.2, 0.25) is 5.02 Å². The number of unbranched alkanes of at least 4 members (excludes halogenated alkanes) is 1. The highest BCUT2D eigenvalue weighted by Gasteiger charge is 2.40. The Bertz CT molecular complexity index is 1180. The van der Waals surface area contributed by atoms with E-state index in [-0.39, 0.29) is 17.5 Å². The maximum Gasteiger partial charge on any atom is 0.282 e. The molecule has 0 saturated carbocycles. The van der Waals surface area contributed by atoms with Crippen LogP contribution in [0, 0.1) is 6.92 Å². The number of nitrogens with zero attached hydrogens (tertiary/aromatic N) is 1. The summed E-state index contributed by atoms with van der Waals surface area (Å²) in [5, 5.41) is 3.75. The Labute approximate surface area is 193 Å². The molecule has 1 N–H and O–H groups in total. The molecule has 3 aromatic carbocycles. The Morgan fingerprint density at radius 1 is 0.906 bits per heavy atom. The molecule has 1 aliphatic rings. The largest absolute Gasteiger partial charge is 0.350 e. The number of amides is 2. The Morgan fingerprint density at radius 2 is 1.62 bits per heavy atom. The first kappa shape index (κ1) is 21.8. The molecular formula is C27H25ClN2O2. The zero-order valence-corrected chi connectivity index (χ0v) is 18.9. The van der Waals surface area contributed by atoms with Gasteiger partial charge in [0.15, 0.2) is 0 Å². The molecule has 0 saturated heterocycles. The van der Waals surface area contributed by atoms with E-state index >= 15 is 0 Å². The first-order valence-electron chi connectivity index (χ1n) is 10.8. The van der Waals surface area contributed by atoms with Crippen molar-refractivity contribution >= 4 is 40.4 Å². The van der Waals surface area contributed by atoms with E-state index in [9.17, 15) is 9.59 Å². The third kappa shape index (κ3) is 4.32. The molecule has 162 valence electrons. The minimum atomic E-state index is -0.383. The van der Waals surface area contributed by atoms with Crippen molar-refractivity contribution < 1.29 is 9.59 Å². The van der Waals surface area contributed by atoms with Crippen LogP contribution in [-0.2, 0) is 16.0 Å². The standard InChI is InChI=1S/C27H25ClN2O2/c1-3-4-8-19-12-15-22(16-13-19)30-26(31)24(20-9-6-5-7-10-20)25(27(30)32)29-21-14-11-18(2)23(28)17-21/h5-7,9-17,29H,3-4,8H2,1-2H3. The lowest BCUT2D eigenvalue weighted by atomic mass is 10.0. The monoisotopic (exact) mass is 444 g/mol. The van der Waals surface area contributed by atoms with Crippen molar-refractivity contribution in [2.45, 2.75) is 33.1 Å². The van der Waals surface area contributed by atoms with E-state index in [0.717, 1.165) is 24.8 Å². The zero-order valence-electron chi connectivity index (χ0n) is 18.2. The number of rotatable bonds is 7. The predicted octanol–water partition coefficient (Wildman–Crippen LogP) is 6.39. The van der Waals surface area contributed by atoms with Gasteiger partial charge in [-0.05, 0) is 60.7 Å². The molecule has 4 rings (SSSR count). The molecule has 1 heterocycles. The molecule has 0 bridgehead atoms. The molecule has 3 aromatic rings. The van der Waals surface area contributed by atoms with Crippen LogP contribution >= 0.6 is 11.6 Å². The van der Waals surface area contributed by atoms with Crippen molar-refractivity contribution in [3.8, 4) is 0 Å². The SMILES string of the molecule is CCCCc1ccc(N2C(=O)C(Nc3ccc(C)c(Cl)c3)=C(c3ccccc3)C2=O)cc1. The normalized spacial score (nSPS) is 13.8. The average molecular weight is 445 g/mol. The van der Waals surface area contributed by atoms with Gasteiger partial charge >= 0.3 is 0 Å². The van der Waals surface area contributed by atoms with E-state index in [1.54, 1.807) is 6.07 Å². The van der Waals surface area contributed by atoms with Gasteiger partial charge < -0.3 is 5.32 Å². The summed E-state index contributed by atoms with van der Waals surface area (Å²) in [5.41, 5.74) is 4.63. The van der Waals surface area contributed by atoms with Crippen molar-refractivity contribution in [3.05, 3.63) is 100 Å². The summed E-state index contributed by atoms with van der Waals surface area (Å²) >= 11 is 6.27. The molecule has 0 spiro atoms. The van der Waals surface area contributed by atoms with Crippen LogP contribution in [0.1, 0.15) is 36.5 Å². The van der Waals surface area contributed by atoms with Gasteiger partial charge in [-0.25, -0.2) is 4.90 Å². The van der Waals surface area contributed by atoms with Crippen molar-refractivity contribution in [2.24, 2.45) is 0 Å². The van der Waals surface area contributed by atoms with Gasteiger partial charge in [0.25, 0.3) is 11.8 Å². The third-order valence-electron chi connectivity index (χ3n) is 5.60. The van der Waals surface area contributed by atoms with Crippen LogP contribution in [0.25, 0.3) is 5.57 Å². The molecule has 0 aliphatic carbocycles. The molecule has 32 heavy (non-hydrogen) atoms. The summed E-state index contributed by atoms with van der Waals surface area (Å²) in [6.07, 6.45) is 3.20. The summed E-state index contributed by atoms with van der Waals surface area (Å²) in [5.74, 6) is -0.727. The van der Waals surface area contributed by atoms with Crippen molar-refractivity contribution in [1.29, 1.82) is 0 Å². The van der Waals surface area contributed by atoms with Gasteiger partial charge in [0, 0.05) is 10.7 Å². The molecule has 1 aliphatic heterocycles. The number of carbonyl (C=O) groups excluding carboxylic acids is 2. The first-order valence-corrected chi connectivity index (χ1v) is 11.2. The predicted molar refractivity (Wildman–Crippen MR) is 131 cm³/mol. The van der Waals surface area contributed by atoms with Crippen LogP contribution < -0.4 is 10.2 Å². The smallest absolute Gasteiger partial charge is 0.282 e. The first-order chi connectivity index (χ1) is 15.5. The highest BCUT2D eigenvalue weighted by molar-refractivity contribution is 6.46. The van der Waals surface area contributed by atoms with E-state index < -0.39 is 0 Å². The fourth-order valence-electron chi connectivity index (χ4n) is 3.76. The number of hydrogen-bond donors (Lipinski definition) is 1. The van der Waals surface area contributed by atoms with E-state index in [0.29, 0.717) is 27.5 Å². The molecule has 0 radical (unpaired) electrons. The van der Waals surface area contributed by atoms with Gasteiger partial charge in [-0.3, -0.25) is 9.59 Å². The maximum atomic E-state index is 13.5. The van der Waals surface area contributed by atoms with Gasteiger partial charge in [-0.15, -0.1) is 0 Å². The van der Waals surface area contributed by atoms with Crippen LogP contribution in [0.4, 0.5) is 11.4 Å². The van der Waals surface area contributed by atoms with E-state index in [2.05, 4.69) is 12.2 Å². The minimum Gasteiger partial charge on any atom is -0.350 e. The topological polar surface area (TPSA) is 49.4 Å². The molecule has 4 nitrogen and oxygen atoms in total. The Hall–Kier alpha value is -3.37. The van der Waals surface area contributed by atoms with Crippen molar-refractivity contribution in [1.82, 2.24) is 0 Å². The number of aryl methyl sites for hydroxylation is 2. The zero-order chi connectivity index (χ0) is 22.7. The highest BCUT2D eigenvalue weighted by atomic mass is 35.5. The van der Waals surface area contributed by atoms with Crippen LogP contribution in [0.5, 0.6) is 0 Å². The van der Waals surface area contributed by atoms with E-state index in [4.69, 9.17) is 11.6 Å². The van der Waals surface area contributed by atoms with E-state index in [1.165, 1.54) is 10.5 Å². The minimum absolute atomic E-state index is 0.246. The number of halogens is 1. The molecule has 2 amide bonds. The molecular weight excluding hydrogens is 420 g/mol. The number of anilines is 2.